The maximum Gasteiger partial charge on any atom is 0.271 e. The molecule has 1 saturated heterocycles. The van der Waals surface area contributed by atoms with Gasteiger partial charge >= 0.3 is 0 Å². The minimum Gasteiger partial charge on any atom is -0.504 e. The molecule has 3 aromatic rings. The number of methoxy groups -OCH3 is 1. The van der Waals surface area contributed by atoms with Crippen molar-refractivity contribution < 1.29 is 14.6 Å². The van der Waals surface area contributed by atoms with Gasteiger partial charge in [-0.2, -0.15) is 0 Å². The van der Waals surface area contributed by atoms with Gasteiger partial charge in [0, 0.05) is 16.1 Å². The van der Waals surface area contributed by atoms with Crippen LogP contribution in [0.3, 0.4) is 0 Å². The number of hydrogen-bond acceptors (Lipinski definition) is 5. The van der Waals surface area contributed by atoms with Crippen LogP contribution < -0.4 is 9.64 Å². The highest BCUT2D eigenvalue weighted by molar-refractivity contribution is 8.19. The third-order valence-electron chi connectivity index (χ3n) is 5.18. The highest BCUT2D eigenvalue weighted by Gasteiger charge is 2.35. The van der Waals surface area contributed by atoms with E-state index in [-0.39, 0.29) is 22.4 Å². The highest BCUT2D eigenvalue weighted by atomic mass is 35.5. The van der Waals surface area contributed by atoms with Crippen molar-refractivity contribution in [2.24, 2.45) is 4.99 Å². The lowest BCUT2D eigenvalue weighted by Crippen LogP contribution is -2.28. The van der Waals surface area contributed by atoms with Gasteiger partial charge in [0.15, 0.2) is 16.7 Å². The number of halogens is 3. The number of nitrogens with zero attached hydrogens (tertiary/aromatic N) is 2. The fourth-order valence-corrected chi connectivity index (χ4v) is 4.79. The zero-order chi connectivity index (χ0) is 24.6. The molecule has 9 heteroatoms. The summed E-state index contributed by atoms with van der Waals surface area (Å²) in [5.41, 5.74) is 3.54. The molecule has 3 aromatic carbocycles. The van der Waals surface area contributed by atoms with Crippen molar-refractivity contribution in [2.45, 2.75) is 13.8 Å². The number of amides is 1. The molecular formula is C25H19Cl3N2O3S. The van der Waals surface area contributed by atoms with E-state index in [0.717, 1.165) is 11.1 Å². The molecule has 1 aliphatic heterocycles. The van der Waals surface area contributed by atoms with Gasteiger partial charge in [-0.3, -0.25) is 9.69 Å². The first-order valence-electron chi connectivity index (χ1n) is 10.1. The molecule has 1 amide bonds. The second-order valence-corrected chi connectivity index (χ2v) is 9.79. The topological polar surface area (TPSA) is 62.1 Å². The first-order valence-corrected chi connectivity index (χ1v) is 12.0. The molecule has 174 valence electrons. The number of rotatable bonds is 4. The Morgan fingerprint density at radius 3 is 2.29 bits per heavy atom. The molecule has 1 aliphatic rings. The summed E-state index contributed by atoms with van der Waals surface area (Å²) in [6.45, 7) is 3.80. The van der Waals surface area contributed by atoms with Crippen molar-refractivity contribution in [2.75, 3.05) is 12.0 Å². The number of benzene rings is 3. The Hall–Kier alpha value is -2.64. The Balaban J connectivity index is 1.83. The number of carbonyl (C=O) groups excluding carboxylic acids is 1. The number of aromatic hydroxyl groups is 1. The third kappa shape index (κ3) is 4.91. The molecule has 0 spiro atoms. The average molecular weight is 534 g/mol. The van der Waals surface area contributed by atoms with Crippen LogP contribution in [0.25, 0.3) is 6.08 Å². The number of phenols is 1. The average Bonchev–Trinajstić information content (AvgIpc) is 3.09. The van der Waals surface area contributed by atoms with E-state index in [0.29, 0.717) is 37.1 Å². The standard InChI is InChI=1S/C25H19Cl3N2O3S/c1-13-4-6-16(10-18(13)26)29-25-30(17-7-5-14(2)19(27)11-17)24(32)23(34-25)9-15-8-22(33-3)21(31)12-20(15)28/h4-12,31H,1-3H3/b23-9-,29-25?. The van der Waals surface area contributed by atoms with Gasteiger partial charge in [0.05, 0.1) is 28.4 Å². The van der Waals surface area contributed by atoms with E-state index in [9.17, 15) is 9.90 Å². The van der Waals surface area contributed by atoms with Gasteiger partial charge in [-0.05, 0) is 78.7 Å². The van der Waals surface area contributed by atoms with E-state index in [1.165, 1.54) is 29.8 Å². The first-order chi connectivity index (χ1) is 16.2. The van der Waals surface area contributed by atoms with E-state index >= 15 is 0 Å². The van der Waals surface area contributed by atoms with E-state index in [1.54, 1.807) is 24.3 Å². The maximum atomic E-state index is 13.5. The van der Waals surface area contributed by atoms with Gasteiger partial charge in [-0.25, -0.2) is 4.99 Å². The number of hydrogen-bond donors (Lipinski definition) is 1. The van der Waals surface area contributed by atoms with Gasteiger partial charge < -0.3 is 9.84 Å². The molecule has 5 nitrogen and oxygen atoms in total. The molecule has 0 aliphatic carbocycles. The summed E-state index contributed by atoms with van der Waals surface area (Å²) in [5, 5.41) is 11.8. The zero-order valence-corrected chi connectivity index (χ0v) is 21.5. The summed E-state index contributed by atoms with van der Waals surface area (Å²) >= 11 is 20.1. The number of aliphatic imine (C=N–C) groups is 1. The van der Waals surface area contributed by atoms with Crippen LogP contribution in [0.2, 0.25) is 15.1 Å². The molecule has 0 radical (unpaired) electrons. The van der Waals surface area contributed by atoms with Crippen molar-refractivity contribution in [1.29, 1.82) is 0 Å². The van der Waals surface area contributed by atoms with Crippen molar-refractivity contribution >= 4 is 75.1 Å². The molecule has 1 heterocycles. The Labute approximate surface area is 216 Å². The molecule has 0 saturated carbocycles. The number of phenolic OH excluding ortho intramolecular Hbond substituents is 1. The van der Waals surface area contributed by atoms with Crippen LogP contribution in [-0.2, 0) is 4.79 Å². The lowest BCUT2D eigenvalue weighted by atomic mass is 10.1. The van der Waals surface area contributed by atoms with Crippen LogP contribution in [0.5, 0.6) is 11.5 Å². The Kier molecular flexibility index (Phi) is 7.14. The molecule has 0 unspecified atom stereocenters. The molecule has 4 rings (SSSR count). The normalized spacial score (nSPS) is 16.1. The van der Waals surface area contributed by atoms with Gasteiger partial charge in [-0.15, -0.1) is 0 Å². The van der Waals surface area contributed by atoms with Crippen LogP contribution in [0, 0.1) is 13.8 Å². The number of thioether (sulfide) groups is 1. The molecule has 0 atom stereocenters. The van der Waals surface area contributed by atoms with E-state index in [4.69, 9.17) is 44.5 Å². The third-order valence-corrected chi connectivity index (χ3v) is 7.30. The van der Waals surface area contributed by atoms with Crippen LogP contribution in [0.15, 0.2) is 58.4 Å². The van der Waals surface area contributed by atoms with Crippen molar-refractivity contribution in [3.05, 3.63) is 85.2 Å². The predicted octanol–water partition coefficient (Wildman–Crippen LogP) is 7.79. The number of carbonyl (C=O) groups is 1. The Bertz CT molecular complexity index is 1370. The lowest BCUT2D eigenvalue weighted by molar-refractivity contribution is -0.113. The van der Waals surface area contributed by atoms with E-state index < -0.39 is 0 Å². The summed E-state index contributed by atoms with van der Waals surface area (Å²) in [6, 6.07) is 13.8. The number of ether oxygens (including phenoxy) is 1. The van der Waals surface area contributed by atoms with Crippen molar-refractivity contribution in [1.82, 2.24) is 0 Å². The smallest absolute Gasteiger partial charge is 0.271 e. The van der Waals surface area contributed by atoms with Crippen LogP contribution >= 0.6 is 46.6 Å². The number of anilines is 1. The predicted molar refractivity (Wildman–Crippen MR) is 142 cm³/mol. The summed E-state index contributed by atoms with van der Waals surface area (Å²) < 4.78 is 5.18. The van der Waals surface area contributed by atoms with E-state index in [2.05, 4.69) is 0 Å². The molecule has 1 N–H and O–H groups in total. The quantitative estimate of drug-likeness (QED) is 0.348. The van der Waals surface area contributed by atoms with Gasteiger partial charge in [-0.1, -0.05) is 46.9 Å². The summed E-state index contributed by atoms with van der Waals surface area (Å²) in [7, 11) is 1.44. The van der Waals surface area contributed by atoms with Crippen molar-refractivity contribution in [3.8, 4) is 11.5 Å². The number of amidine groups is 1. The summed E-state index contributed by atoms with van der Waals surface area (Å²) in [6.07, 6.45) is 1.64. The van der Waals surface area contributed by atoms with Gasteiger partial charge in [0.25, 0.3) is 5.91 Å². The summed E-state index contributed by atoms with van der Waals surface area (Å²) in [4.78, 5) is 20.1. The Morgan fingerprint density at radius 2 is 1.65 bits per heavy atom. The maximum absolute atomic E-state index is 13.5. The lowest BCUT2D eigenvalue weighted by Gasteiger charge is -2.16. The largest absolute Gasteiger partial charge is 0.504 e. The molecule has 0 bridgehead atoms. The Morgan fingerprint density at radius 1 is 0.971 bits per heavy atom. The molecule has 0 aromatic heterocycles. The fraction of sp³-hybridized carbons (Fsp3) is 0.120. The zero-order valence-electron chi connectivity index (χ0n) is 18.4. The van der Waals surface area contributed by atoms with Gasteiger partial charge in [0.1, 0.15) is 0 Å². The second-order valence-electron chi connectivity index (χ2n) is 7.56. The van der Waals surface area contributed by atoms with Crippen molar-refractivity contribution in [3.63, 3.8) is 0 Å². The molecule has 34 heavy (non-hydrogen) atoms. The minimum atomic E-state index is -0.287. The van der Waals surface area contributed by atoms with Crippen LogP contribution in [0.1, 0.15) is 16.7 Å². The monoisotopic (exact) mass is 532 g/mol. The number of aryl methyl sites for hydroxylation is 2. The SMILES string of the molecule is COc1cc(/C=C2\SC(=Nc3ccc(C)c(Cl)c3)N(c3ccc(C)c(Cl)c3)C2=O)c(Cl)cc1O. The second kappa shape index (κ2) is 9.92. The summed E-state index contributed by atoms with van der Waals surface area (Å²) in [5.74, 6) is -0.128. The molecule has 1 fully saturated rings. The fourth-order valence-electron chi connectivity index (χ4n) is 3.23. The molecular weight excluding hydrogens is 515 g/mol. The highest BCUT2D eigenvalue weighted by Crippen LogP contribution is 2.40. The van der Waals surface area contributed by atoms with Crippen LogP contribution in [-0.4, -0.2) is 23.3 Å². The van der Waals surface area contributed by atoms with Crippen LogP contribution in [0.4, 0.5) is 11.4 Å². The first kappa shape index (κ1) is 24.5. The van der Waals surface area contributed by atoms with E-state index in [1.807, 2.05) is 38.1 Å². The minimum absolute atomic E-state index is 0.0884. The van der Waals surface area contributed by atoms with Gasteiger partial charge in [0.2, 0.25) is 0 Å².